The lowest BCUT2D eigenvalue weighted by molar-refractivity contribution is 0.632. The predicted octanol–water partition coefficient (Wildman–Crippen LogP) is 5.23. The van der Waals surface area contributed by atoms with Gasteiger partial charge < -0.3 is 4.90 Å². The lowest BCUT2D eigenvalue weighted by atomic mass is 9.85. The third kappa shape index (κ3) is 2.54. The normalized spacial score (nSPS) is 16.0. The van der Waals surface area contributed by atoms with Crippen LogP contribution in [0.4, 0.5) is 5.69 Å². The van der Waals surface area contributed by atoms with Crippen LogP contribution in [0.15, 0.2) is 35.9 Å². The smallest absolute Gasteiger partial charge is 0.0434 e. The highest BCUT2D eigenvalue weighted by Crippen LogP contribution is 2.39. The second-order valence-electron chi connectivity index (χ2n) is 6.89. The number of hydrogen-bond donors (Lipinski definition) is 0. The zero-order valence-corrected chi connectivity index (χ0v) is 14.3. The minimum atomic E-state index is 1.10. The van der Waals surface area contributed by atoms with E-state index >= 15 is 0 Å². The molecule has 0 atom stereocenters. The van der Waals surface area contributed by atoms with Crippen molar-refractivity contribution in [2.45, 2.75) is 46.5 Å². The Hall–Kier alpha value is -1.76. The molecular weight excluding hydrogens is 266 g/mol. The quantitative estimate of drug-likeness (QED) is 0.690. The number of nitrogens with zero attached hydrogens (tertiary/aromatic N) is 1. The summed E-state index contributed by atoms with van der Waals surface area (Å²) in [6.07, 6.45) is 7.31. The van der Waals surface area contributed by atoms with Crippen LogP contribution in [0.5, 0.6) is 0 Å². The Bertz CT molecular complexity index is 658. The summed E-state index contributed by atoms with van der Waals surface area (Å²) in [6, 6.07) is 2.41. The monoisotopic (exact) mass is 293 g/mol. The van der Waals surface area contributed by atoms with Crippen molar-refractivity contribution in [1.82, 2.24) is 0 Å². The van der Waals surface area contributed by atoms with E-state index in [1.165, 1.54) is 55.5 Å². The van der Waals surface area contributed by atoms with Crippen LogP contribution in [-0.4, -0.2) is 13.1 Å². The molecule has 0 aliphatic carbocycles. The molecule has 3 rings (SSSR count). The number of aryl methyl sites for hydroxylation is 1. The molecule has 0 bridgehead atoms. The highest BCUT2D eigenvalue weighted by atomic mass is 15.1. The van der Waals surface area contributed by atoms with Crippen LogP contribution in [0.2, 0.25) is 0 Å². The Kier molecular flexibility index (Phi) is 3.99. The highest BCUT2D eigenvalue weighted by molar-refractivity contribution is 5.74. The van der Waals surface area contributed by atoms with Gasteiger partial charge in [-0.2, -0.15) is 0 Å². The van der Waals surface area contributed by atoms with Gasteiger partial charge in [-0.15, -0.1) is 0 Å². The first-order valence-corrected chi connectivity index (χ1v) is 8.42. The summed E-state index contributed by atoms with van der Waals surface area (Å²) in [7, 11) is 0. The zero-order chi connectivity index (χ0) is 15.9. The maximum absolute atomic E-state index is 4.12. The summed E-state index contributed by atoms with van der Waals surface area (Å²) < 4.78 is 0. The molecule has 1 aromatic rings. The van der Waals surface area contributed by atoms with Crippen molar-refractivity contribution in [3.05, 3.63) is 58.2 Å². The van der Waals surface area contributed by atoms with Crippen molar-refractivity contribution in [3.63, 3.8) is 0 Å². The predicted molar refractivity (Wildman–Crippen MR) is 97.6 cm³/mol. The van der Waals surface area contributed by atoms with Gasteiger partial charge >= 0.3 is 0 Å². The standard InChI is InChI=1S/C21H27N/c1-14(2)20(15(3)4)13-18-12-17-8-6-10-22-11-7-9-19(16(18)5)21(17)22/h12-13H,1,3,6-11H2,2,4-5H3. The summed E-state index contributed by atoms with van der Waals surface area (Å²) >= 11 is 0. The Morgan fingerprint density at radius 1 is 1.09 bits per heavy atom. The van der Waals surface area contributed by atoms with E-state index in [0.717, 1.165) is 11.1 Å². The van der Waals surface area contributed by atoms with E-state index in [0.29, 0.717) is 0 Å². The van der Waals surface area contributed by atoms with E-state index in [1.54, 1.807) is 16.8 Å². The van der Waals surface area contributed by atoms with Gasteiger partial charge in [0, 0.05) is 18.8 Å². The third-order valence-corrected chi connectivity index (χ3v) is 5.07. The molecule has 116 valence electrons. The Morgan fingerprint density at radius 3 is 2.36 bits per heavy atom. The first-order chi connectivity index (χ1) is 10.5. The van der Waals surface area contributed by atoms with E-state index in [4.69, 9.17) is 0 Å². The molecule has 2 heterocycles. The molecule has 2 aliphatic heterocycles. The molecule has 22 heavy (non-hydrogen) atoms. The van der Waals surface area contributed by atoms with Crippen LogP contribution in [0.3, 0.4) is 0 Å². The fraction of sp³-hybridized carbons (Fsp3) is 0.429. The van der Waals surface area contributed by atoms with Crippen LogP contribution in [0.1, 0.15) is 48.9 Å². The summed E-state index contributed by atoms with van der Waals surface area (Å²) in [5.41, 5.74) is 10.9. The molecule has 0 spiro atoms. The van der Waals surface area contributed by atoms with E-state index in [1.807, 2.05) is 0 Å². The topological polar surface area (TPSA) is 3.24 Å². The zero-order valence-electron chi connectivity index (χ0n) is 14.3. The molecule has 0 saturated carbocycles. The van der Waals surface area contributed by atoms with Gasteiger partial charge in [0.1, 0.15) is 0 Å². The van der Waals surface area contributed by atoms with Gasteiger partial charge in [-0.05, 0) is 86.4 Å². The molecule has 2 aliphatic rings. The molecule has 0 saturated heterocycles. The van der Waals surface area contributed by atoms with E-state index < -0.39 is 0 Å². The summed E-state index contributed by atoms with van der Waals surface area (Å²) in [6.45, 7) is 17.1. The number of hydrogen-bond acceptors (Lipinski definition) is 1. The Labute approximate surface area is 135 Å². The second-order valence-corrected chi connectivity index (χ2v) is 6.89. The van der Waals surface area contributed by atoms with Crippen LogP contribution in [0.25, 0.3) is 6.08 Å². The first-order valence-electron chi connectivity index (χ1n) is 8.42. The van der Waals surface area contributed by atoms with Gasteiger partial charge in [0.2, 0.25) is 0 Å². The number of rotatable bonds is 3. The average molecular weight is 293 g/mol. The summed E-state index contributed by atoms with van der Waals surface area (Å²) in [4.78, 5) is 2.61. The van der Waals surface area contributed by atoms with Gasteiger partial charge in [0.25, 0.3) is 0 Å². The summed E-state index contributed by atoms with van der Waals surface area (Å²) in [5.74, 6) is 0. The molecule has 0 N–H and O–H groups in total. The molecule has 0 amide bonds. The molecule has 0 unspecified atom stereocenters. The van der Waals surface area contributed by atoms with Gasteiger partial charge in [-0.3, -0.25) is 0 Å². The van der Waals surface area contributed by atoms with Crippen LogP contribution in [0, 0.1) is 6.92 Å². The maximum Gasteiger partial charge on any atom is 0.0434 e. The second kappa shape index (κ2) is 5.79. The van der Waals surface area contributed by atoms with E-state index in [9.17, 15) is 0 Å². The number of benzene rings is 1. The summed E-state index contributed by atoms with van der Waals surface area (Å²) in [5, 5.41) is 0. The SMILES string of the molecule is C=C(C)C(=Cc1cc2c3c(c1C)CCCN3CCC2)C(=C)C. The van der Waals surface area contributed by atoms with Gasteiger partial charge in [0.05, 0.1) is 0 Å². The fourth-order valence-corrected chi connectivity index (χ4v) is 3.96. The molecular formula is C21H27N. The van der Waals surface area contributed by atoms with E-state index in [2.05, 4.69) is 51.0 Å². The molecule has 1 heteroatoms. The van der Waals surface area contributed by atoms with Crippen LogP contribution >= 0.6 is 0 Å². The molecule has 0 fully saturated rings. The average Bonchev–Trinajstić information content (AvgIpc) is 2.48. The lowest BCUT2D eigenvalue weighted by Crippen LogP contribution is -2.35. The Balaban J connectivity index is 2.17. The largest absolute Gasteiger partial charge is 0.371 e. The van der Waals surface area contributed by atoms with Gasteiger partial charge in [0.15, 0.2) is 0 Å². The first kappa shape index (κ1) is 15.1. The number of anilines is 1. The van der Waals surface area contributed by atoms with Crippen molar-refractivity contribution in [1.29, 1.82) is 0 Å². The van der Waals surface area contributed by atoms with Crippen LogP contribution in [-0.2, 0) is 12.8 Å². The van der Waals surface area contributed by atoms with Crippen molar-refractivity contribution in [2.24, 2.45) is 0 Å². The van der Waals surface area contributed by atoms with Crippen LogP contribution < -0.4 is 4.90 Å². The Morgan fingerprint density at radius 2 is 1.73 bits per heavy atom. The molecule has 1 aromatic carbocycles. The van der Waals surface area contributed by atoms with Gasteiger partial charge in [-0.1, -0.05) is 24.3 Å². The van der Waals surface area contributed by atoms with Gasteiger partial charge in [-0.25, -0.2) is 0 Å². The third-order valence-electron chi connectivity index (χ3n) is 5.07. The molecule has 1 nitrogen and oxygen atoms in total. The van der Waals surface area contributed by atoms with Crippen molar-refractivity contribution in [2.75, 3.05) is 18.0 Å². The minimum absolute atomic E-state index is 1.10. The highest BCUT2D eigenvalue weighted by Gasteiger charge is 2.25. The lowest BCUT2D eigenvalue weighted by Gasteiger charge is -2.38. The number of allylic oxidation sites excluding steroid dienone is 3. The van der Waals surface area contributed by atoms with Crippen molar-refractivity contribution in [3.8, 4) is 0 Å². The van der Waals surface area contributed by atoms with E-state index in [-0.39, 0.29) is 0 Å². The van der Waals surface area contributed by atoms with Crippen molar-refractivity contribution < 1.29 is 0 Å². The fourth-order valence-electron chi connectivity index (χ4n) is 3.96. The molecule has 0 aromatic heterocycles. The molecule has 0 radical (unpaired) electrons. The maximum atomic E-state index is 4.12. The minimum Gasteiger partial charge on any atom is -0.371 e. The van der Waals surface area contributed by atoms with Crippen molar-refractivity contribution >= 4 is 11.8 Å².